The normalized spacial score (nSPS) is 17.1. The Bertz CT molecular complexity index is 1060. The number of alkyl halides is 3. The van der Waals surface area contributed by atoms with Crippen LogP contribution in [0.2, 0.25) is 0 Å². The maximum atomic E-state index is 12.9. The number of benzene rings is 1. The van der Waals surface area contributed by atoms with Gasteiger partial charge < -0.3 is 10.2 Å². The number of aromatic nitrogens is 2. The lowest BCUT2D eigenvalue weighted by Crippen LogP contribution is -2.46. The zero-order valence-corrected chi connectivity index (χ0v) is 16.7. The van der Waals surface area contributed by atoms with E-state index in [9.17, 15) is 27.6 Å². The lowest BCUT2D eigenvalue weighted by Gasteiger charge is -2.34. The van der Waals surface area contributed by atoms with Crippen LogP contribution in [0.3, 0.4) is 0 Å². The van der Waals surface area contributed by atoms with Crippen molar-refractivity contribution in [1.29, 1.82) is 0 Å². The quantitative estimate of drug-likeness (QED) is 0.818. The number of hydrogen-bond donors (Lipinski definition) is 1. The monoisotopic (exact) mass is 424 g/mol. The minimum Gasteiger partial charge on any atom is -0.357 e. The first kappa shape index (κ1) is 21.7. The van der Waals surface area contributed by atoms with Crippen molar-refractivity contribution in [3.8, 4) is 0 Å². The minimum absolute atomic E-state index is 0.0750. The van der Waals surface area contributed by atoms with Crippen molar-refractivity contribution in [3.05, 3.63) is 56.7 Å². The van der Waals surface area contributed by atoms with Gasteiger partial charge in [-0.05, 0) is 38.0 Å². The van der Waals surface area contributed by atoms with Gasteiger partial charge in [0.1, 0.15) is 5.82 Å². The van der Waals surface area contributed by atoms with Crippen molar-refractivity contribution in [3.63, 3.8) is 0 Å². The molecule has 1 aliphatic heterocycles. The average molecular weight is 424 g/mol. The van der Waals surface area contributed by atoms with E-state index >= 15 is 0 Å². The van der Waals surface area contributed by atoms with Gasteiger partial charge in [0, 0.05) is 38.4 Å². The van der Waals surface area contributed by atoms with Crippen LogP contribution in [-0.4, -0.2) is 28.1 Å². The van der Waals surface area contributed by atoms with E-state index in [1.807, 2.05) is 4.90 Å². The number of carbonyl (C=O) groups is 1. The molecule has 10 heteroatoms. The Morgan fingerprint density at radius 3 is 2.63 bits per heavy atom. The maximum Gasteiger partial charge on any atom is 0.416 e. The van der Waals surface area contributed by atoms with E-state index in [1.165, 1.54) is 29.8 Å². The van der Waals surface area contributed by atoms with E-state index in [-0.39, 0.29) is 12.2 Å². The highest BCUT2D eigenvalue weighted by Gasteiger charge is 2.31. The number of rotatable bonds is 4. The van der Waals surface area contributed by atoms with Crippen molar-refractivity contribution >= 4 is 17.4 Å². The average Bonchev–Trinajstić information content (AvgIpc) is 2.71. The minimum atomic E-state index is -4.49. The standard InChI is InChI=1S/C20H23F3N4O3/c1-3-27-16(11-17(28)25(2)19(27)30)26-9-5-6-13(12-26)18(29)24-15-8-4-7-14(10-15)20(21,22)23/h4,7-8,10-11,13H,3,5-6,9,12H2,1-2H3,(H,24,29). The van der Waals surface area contributed by atoms with Crippen molar-refractivity contribution in [2.75, 3.05) is 23.3 Å². The number of nitrogens with zero attached hydrogens (tertiary/aromatic N) is 3. The molecular formula is C20H23F3N4O3. The van der Waals surface area contributed by atoms with Crippen LogP contribution in [0.1, 0.15) is 25.3 Å². The first-order valence-corrected chi connectivity index (χ1v) is 9.65. The Balaban J connectivity index is 1.80. The second-order valence-corrected chi connectivity index (χ2v) is 7.28. The molecule has 0 radical (unpaired) electrons. The molecule has 1 unspecified atom stereocenters. The molecule has 1 atom stereocenters. The molecule has 7 nitrogen and oxygen atoms in total. The molecule has 1 N–H and O–H groups in total. The molecule has 0 saturated carbocycles. The first-order chi connectivity index (χ1) is 14.1. The van der Waals surface area contributed by atoms with Crippen LogP contribution < -0.4 is 21.5 Å². The Kier molecular flexibility index (Phi) is 6.04. The van der Waals surface area contributed by atoms with Gasteiger partial charge in [0.05, 0.1) is 11.5 Å². The summed E-state index contributed by atoms with van der Waals surface area (Å²) in [5, 5.41) is 2.56. The predicted molar refractivity (Wildman–Crippen MR) is 107 cm³/mol. The summed E-state index contributed by atoms with van der Waals surface area (Å²) in [6, 6.07) is 5.86. The molecule has 3 rings (SSSR count). The van der Waals surface area contributed by atoms with Gasteiger partial charge in [0.2, 0.25) is 5.91 Å². The smallest absolute Gasteiger partial charge is 0.357 e. The predicted octanol–water partition coefficient (Wildman–Crippen LogP) is 2.44. The Morgan fingerprint density at radius 2 is 1.97 bits per heavy atom. The lowest BCUT2D eigenvalue weighted by atomic mass is 9.97. The third kappa shape index (κ3) is 4.42. The Hall–Kier alpha value is -3.04. The van der Waals surface area contributed by atoms with E-state index in [0.29, 0.717) is 31.7 Å². The van der Waals surface area contributed by atoms with Crippen molar-refractivity contribution < 1.29 is 18.0 Å². The van der Waals surface area contributed by atoms with E-state index in [2.05, 4.69) is 5.32 Å². The second kappa shape index (κ2) is 8.37. The molecule has 1 aliphatic rings. The van der Waals surface area contributed by atoms with Crippen molar-refractivity contribution in [1.82, 2.24) is 9.13 Å². The van der Waals surface area contributed by atoms with Gasteiger partial charge >= 0.3 is 11.9 Å². The molecule has 0 spiro atoms. The fourth-order valence-electron chi connectivity index (χ4n) is 3.63. The third-order valence-corrected chi connectivity index (χ3v) is 5.27. The topological polar surface area (TPSA) is 76.3 Å². The number of amides is 1. The van der Waals surface area contributed by atoms with Crippen LogP contribution in [-0.2, 0) is 24.6 Å². The van der Waals surface area contributed by atoms with Crippen molar-refractivity contribution in [2.45, 2.75) is 32.5 Å². The Labute approximate surface area is 170 Å². The zero-order chi connectivity index (χ0) is 22.1. The zero-order valence-electron chi connectivity index (χ0n) is 16.7. The van der Waals surface area contributed by atoms with E-state index in [1.54, 1.807) is 6.92 Å². The summed E-state index contributed by atoms with van der Waals surface area (Å²) in [7, 11) is 1.40. The highest BCUT2D eigenvalue weighted by Crippen LogP contribution is 2.31. The van der Waals surface area contributed by atoms with Gasteiger partial charge in [-0.3, -0.25) is 18.7 Å². The largest absolute Gasteiger partial charge is 0.416 e. The van der Waals surface area contributed by atoms with Gasteiger partial charge in [-0.25, -0.2) is 4.79 Å². The summed E-state index contributed by atoms with van der Waals surface area (Å²) in [6.07, 6.45) is -3.29. The summed E-state index contributed by atoms with van der Waals surface area (Å²) in [6.45, 7) is 2.98. The molecule has 2 heterocycles. The summed E-state index contributed by atoms with van der Waals surface area (Å²) >= 11 is 0. The van der Waals surface area contributed by atoms with Crippen LogP contribution in [0.25, 0.3) is 0 Å². The third-order valence-electron chi connectivity index (χ3n) is 5.27. The number of hydrogen-bond acceptors (Lipinski definition) is 4. The number of nitrogens with one attached hydrogen (secondary N) is 1. The van der Waals surface area contributed by atoms with E-state index in [4.69, 9.17) is 0 Å². The lowest BCUT2D eigenvalue weighted by molar-refractivity contribution is -0.137. The Morgan fingerprint density at radius 1 is 1.23 bits per heavy atom. The molecule has 2 aromatic rings. The van der Waals surface area contributed by atoms with Crippen molar-refractivity contribution in [2.24, 2.45) is 13.0 Å². The van der Waals surface area contributed by atoms with Gasteiger partial charge in [-0.2, -0.15) is 13.2 Å². The molecule has 30 heavy (non-hydrogen) atoms. The molecule has 1 aromatic carbocycles. The number of anilines is 2. The molecule has 1 aromatic heterocycles. The van der Waals surface area contributed by atoms with Crippen LogP contribution in [0, 0.1) is 5.92 Å². The highest BCUT2D eigenvalue weighted by atomic mass is 19.4. The summed E-state index contributed by atoms with van der Waals surface area (Å²) in [5.74, 6) is -0.437. The van der Waals surface area contributed by atoms with E-state index < -0.39 is 34.8 Å². The fourth-order valence-corrected chi connectivity index (χ4v) is 3.63. The van der Waals surface area contributed by atoms with Crippen LogP contribution >= 0.6 is 0 Å². The van der Waals surface area contributed by atoms with Gasteiger partial charge in [-0.15, -0.1) is 0 Å². The first-order valence-electron chi connectivity index (χ1n) is 9.65. The summed E-state index contributed by atoms with van der Waals surface area (Å²) in [4.78, 5) is 39.0. The fraction of sp³-hybridized carbons (Fsp3) is 0.450. The maximum absolute atomic E-state index is 12.9. The highest BCUT2D eigenvalue weighted by molar-refractivity contribution is 5.93. The summed E-state index contributed by atoms with van der Waals surface area (Å²) in [5.41, 5.74) is -1.63. The molecule has 0 aliphatic carbocycles. The number of halogens is 3. The second-order valence-electron chi connectivity index (χ2n) is 7.28. The molecule has 1 saturated heterocycles. The SMILES string of the molecule is CCn1c(N2CCCC(C(=O)Nc3cccc(C(F)(F)F)c3)C2)cc(=O)n(C)c1=O. The molecule has 162 valence electrons. The summed E-state index contributed by atoms with van der Waals surface area (Å²) < 4.78 is 41.2. The van der Waals surface area contributed by atoms with Crippen LogP contribution in [0.4, 0.5) is 24.7 Å². The van der Waals surface area contributed by atoms with E-state index in [0.717, 1.165) is 16.7 Å². The van der Waals surface area contributed by atoms with Crippen LogP contribution in [0.15, 0.2) is 39.9 Å². The van der Waals surface area contributed by atoms with Gasteiger partial charge in [0.25, 0.3) is 5.56 Å². The van der Waals surface area contributed by atoms with Gasteiger partial charge in [-0.1, -0.05) is 6.07 Å². The van der Waals surface area contributed by atoms with Crippen LogP contribution in [0.5, 0.6) is 0 Å². The number of carbonyl (C=O) groups excluding carboxylic acids is 1. The molecule has 0 bridgehead atoms. The number of piperidine rings is 1. The van der Waals surface area contributed by atoms with Gasteiger partial charge in [0.15, 0.2) is 0 Å². The molecular weight excluding hydrogens is 401 g/mol. The molecule has 1 amide bonds. The molecule has 1 fully saturated rings.